The topological polar surface area (TPSA) is 0 Å². The van der Waals surface area contributed by atoms with Gasteiger partial charge in [0.25, 0.3) is 0 Å². The molecule has 0 bridgehead atoms. The van der Waals surface area contributed by atoms with Crippen LogP contribution in [-0.4, -0.2) is 0 Å². The number of allylic oxidation sites excluding steroid dienone is 4. The summed E-state index contributed by atoms with van der Waals surface area (Å²) in [5.41, 5.74) is 14.2. The fraction of sp³-hybridized carbons (Fsp3) is 0.515. The number of hydrogen-bond acceptors (Lipinski definition) is 0. The Morgan fingerprint density at radius 2 is 1.06 bits per heavy atom. The summed E-state index contributed by atoms with van der Waals surface area (Å²) in [6, 6.07) is 10.2. The quantitative estimate of drug-likeness (QED) is 0.494. The van der Waals surface area contributed by atoms with E-state index in [1.807, 2.05) is 0 Å². The number of aryl methyl sites for hydroxylation is 2. The van der Waals surface area contributed by atoms with Crippen LogP contribution < -0.4 is 24.8 Å². The molecule has 2 aromatic carbocycles. The zero-order valence-corrected chi connectivity index (χ0v) is 28.3. The van der Waals surface area contributed by atoms with Crippen molar-refractivity contribution in [1.82, 2.24) is 0 Å². The summed E-state index contributed by atoms with van der Waals surface area (Å²) in [5.74, 6) is 0.596. The molecule has 3 heteroatoms. The maximum absolute atomic E-state index is 2.58. The van der Waals surface area contributed by atoms with E-state index >= 15 is 0 Å². The van der Waals surface area contributed by atoms with Gasteiger partial charge in [-0.25, -0.2) is 0 Å². The third-order valence-corrected chi connectivity index (χ3v) is 12.3. The van der Waals surface area contributed by atoms with E-state index in [0.717, 1.165) is 0 Å². The van der Waals surface area contributed by atoms with Gasteiger partial charge in [0.2, 0.25) is 0 Å². The van der Waals surface area contributed by atoms with Gasteiger partial charge in [-0.05, 0) is 0 Å². The third-order valence-electron chi connectivity index (χ3n) is 7.73. The van der Waals surface area contributed by atoms with Crippen molar-refractivity contribution in [2.75, 3.05) is 0 Å². The molecule has 0 N–H and O–H groups in total. The van der Waals surface area contributed by atoms with Crippen LogP contribution in [0.3, 0.4) is 0 Å². The Kier molecular flexibility index (Phi) is 9.22. The molecule has 36 heavy (non-hydrogen) atoms. The summed E-state index contributed by atoms with van der Waals surface area (Å²) < 4.78 is 2.36. The SMILES string of the molecule is Cc1cc2c(cc1C(C)(C)C)-c1cc(C(C)(C)C)c(C)cc1[CH]2[Zr+2][C]1=CC(C(C)(C)C)=CC1C.[Cl-].[Cl-]. The van der Waals surface area contributed by atoms with Gasteiger partial charge in [-0.15, -0.1) is 0 Å². The molecule has 2 aromatic rings. The minimum Gasteiger partial charge on any atom is -1.00 e. The monoisotopic (exact) mass is 600 g/mol. The summed E-state index contributed by atoms with van der Waals surface area (Å²) in [4.78, 5) is 0. The number of fused-ring (bicyclic) bond motifs is 3. The van der Waals surface area contributed by atoms with E-state index in [1.165, 1.54) is 39.0 Å². The van der Waals surface area contributed by atoms with Crippen LogP contribution in [-0.2, 0) is 34.1 Å². The molecule has 0 heterocycles. The van der Waals surface area contributed by atoms with E-state index in [1.54, 1.807) is 14.4 Å². The molecule has 2 aliphatic rings. The van der Waals surface area contributed by atoms with Crippen LogP contribution in [0.1, 0.15) is 106 Å². The van der Waals surface area contributed by atoms with Crippen molar-refractivity contribution in [3.8, 4) is 11.1 Å². The van der Waals surface area contributed by atoms with Crippen LogP contribution in [0, 0.1) is 25.2 Å². The first-order chi connectivity index (χ1) is 15.5. The Bertz CT molecular complexity index is 1140. The second-order valence-electron chi connectivity index (χ2n) is 13.8. The molecule has 1 unspecified atom stereocenters. The van der Waals surface area contributed by atoms with Gasteiger partial charge in [-0.2, -0.15) is 0 Å². The molecule has 2 aliphatic carbocycles. The number of hydrogen-bond donors (Lipinski definition) is 0. The van der Waals surface area contributed by atoms with E-state index in [4.69, 9.17) is 0 Å². The normalized spacial score (nSPS) is 17.4. The van der Waals surface area contributed by atoms with Crippen molar-refractivity contribution in [1.29, 1.82) is 0 Å². The van der Waals surface area contributed by atoms with Gasteiger partial charge in [0.15, 0.2) is 0 Å². The summed E-state index contributed by atoms with van der Waals surface area (Å²) in [5, 5.41) is 0. The first-order valence-corrected chi connectivity index (χ1v) is 15.6. The number of halogens is 2. The molecule has 0 aromatic heterocycles. The molecule has 0 saturated heterocycles. The molecule has 0 spiro atoms. The van der Waals surface area contributed by atoms with Crippen LogP contribution in [0.4, 0.5) is 0 Å². The summed E-state index contributed by atoms with van der Waals surface area (Å²) in [7, 11) is 0. The fourth-order valence-electron chi connectivity index (χ4n) is 5.86. The molecule has 4 rings (SSSR count). The molecular weight excluding hydrogens is 558 g/mol. The van der Waals surface area contributed by atoms with Crippen molar-refractivity contribution in [3.05, 3.63) is 78.7 Å². The minimum atomic E-state index is -0.868. The Hall–Kier alpha value is -0.617. The molecular formula is C33H44Cl2Zr. The maximum Gasteiger partial charge on any atom is -1.00 e. The van der Waals surface area contributed by atoms with Crippen molar-refractivity contribution in [2.24, 2.45) is 11.3 Å². The Balaban J connectivity index is 0.00000228. The minimum absolute atomic E-state index is 0. The van der Waals surface area contributed by atoms with Gasteiger partial charge in [0.05, 0.1) is 0 Å². The Labute approximate surface area is 245 Å². The zero-order chi connectivity index (χ0) is 25.4. The van der Waals surface area contributed by atoms with Gasteiger partial charge in [0.1, 0.15) is 0 Å². The summed E-state index contributed by atoms with van der Waals surface area (Å²) in [6.45, 7) is 28.3. The predicted molar refractivity (Wildman–Crippen MR) is 145 cm³/mol. The molecule has 0 fully saturated rings. The molecule has 1 atom stereocenters. The van der Waals surface area contributed by atoms with E-state index in [-0.39, 0.29) is 41.1 Å². The Morgan fingerprint density at radius 1 is 0.639 bits per heavy atom. The smallest absolute Gasteiger partial charge is 1.00 e. The average Bonchev–Trinajstić information content (AvgIpc) is 3.17. The van der Waals surface area contributed by atoms with Crippen molar-refractivity contribution in [3.63, 3.8) is 0 Å². The van der Waals surface area contributed by atoms with E-state index in [9.17, 15) is 0 Å². The van der Waals surface area contributed by atoms with Crippen LogP contribution in [0.15, 0.2) is 45.3 Å². The van der Waals surface area contributed by atoms with Gasteiger partial charge in [0, 0.05) is 0 Å². The Morgan fingerprint density at radius 3 is 1.39 bits per heavy atom. The average molecular weight is 603 g/mol. The molecule has 0 nitrogen and oxygen atoms in total. The van der Waals surface area contributed by atoms with Crippen LogP contribution in [0.2, 0.25) is 0 Å². The van der Waals surface area contributed by atoms with Crippen molar-refractivity contribution in [2.45, 2.75) is 97.5 Å². The van der Waals surface area contributed by atoms with Crippen LogP contribution in [0.25, 0.3) is 11.1 Å². The van der Waals surface area contributed by atoms with Crippen LogP contribution in [0.5, 0.6) is 0 Å². The van der Waals surface area contributed by atoms with Gasteiger partial charge >= 0.3 is 222 Å². The molecule has 0 saturated carbocycles. The maximum atomic E-state index is 2.58. The van der Waals surface area contributed by atoms with E-state index in [2.05, 4.69) is 120 Å². The van der Waals surface area contributed by atoms with E-state index < -0.39 is 23.2 Å². The number of rotatable bonds is 2. The summed E-state index contributed by atoms with van der Waals surface area (Å²) in [6.07, 6.45) is 5.12. The third kappa shape index (κ3) is 5.85. The molecule has 0 aliphatic heterocycles. The van der Waals surface area contributed by atoms with Crippen molar-refractivity contribution >= 4 is 0 Å². The largest absolute Gasteiger partial charge is 1.00 e. The summed E-state index contributed by atoms with van der Waals surface area (Å²) >= 11 is -0.868. The van der Waals surface area contributed by atoms with Crippen molar-refractivity contribution < 1.29 is 48.0 Å². The fourth-order valence-corrected chi connectivity index (χ4v) is 10.1. The van der Waals surface area contributed by atoms with Gasteiger partial charge in [-0.1, -0.05) is 0 Å². The van der Waals surface area contributed by atoms with Crippen LogP contribution >= 0.6 is 0 Å². The van der Waals surface area contributed by atoms with Gasteiger partial charge in [-0.3, -0.25) is 0 Å². The van der Waals surface area contributed by atoms with Gasteiger partial charge < -0.3 is 24.8 Å². The second kappa shape index (κ2) is 10.5. The standard InChI is InChI=1S/C23H29.C10H15.2ClH.Zr/c1-14-9-16-11-17-10-15(2)21(23(6,7)8)13-19(17)18(16)12-20(14)22(3,4)5;1-8-5-6-9(7-8)10(2,3)4;;;/h9-13H,1-8H3;6-8H,1-4H3;2*1H;/q;;;;+2/p-2. The molecule has 194 valence electrons. The van der Waals surface area contributed by atoms with E-state index in [0.29, 0.717) is 9.54 Å². The predicted octanol–water partition coefficient (Wildman–Crippen LogP) is 3.56. The first kappa shape index (κ1) is 31.6. The molecule has 0 radical (unpaired) electrons. The first-order valence-electron chi connectivity index (χ1n) is 13.0. The zero-order valence-electron chi connectivity index (χ0n) is 24.4. The number of benzene rings is 2. The second-order valence-corrected chi connectivity index (χ2v) is 17.4. The molecule has 0 amide bonds.